The maximum Gasteiger partial charge on any atom is 0.263 e. The Balaban J connectivity index is 2.20. The molecule has 0 saturated heterocycles. The van der Waals surface area contributed by atoms with Crippen LogP contribution in [0, 0.1) is 11.3 Å². The highest BCUT2D eigenvalue weighted by Gasteiger charge is 2.26. The number of nitriles is 1. The summed E-state index contributed by atoms with van der Waals surface area (Å²) in [6.07, 6.45) is 0. The van der Waals surface area contributed by atoms with Crippen LogP contribution in [0.1, 0.15) is 23.0 Å². The Morgan fingerprint density at radius 2 is 1.78 bits per heavy atom. The number of aromatic nitrogens is 2. The Kier molecular flexibility index (Phi) is 4.99. The van der Waals surface area contributed by atoms with E-state index in [0.29, 0.717) is 10.7 Å². The number of anilines is 1. The number of rotatable bonds is 5. The van der Waals surface area contributed by atoms with Crippen LogP contribution in [0.5, 0.6) is 0 Å². The molecule has 0 amide bonds. The van der Waals surface area contributed by atoms with E-state index >= 15 is 0 Å². The molecule has 0 bridgehead atoms. The van der Waals surface area contributed by atoms with Gasteiger partial charge in [-0.25, -0.2) is 13.1 Å². The first kappa shape index (κ1) is 18.6. The molecule has 0 aliphatic carbocycles. The van der Waals surface area contributed by atoms with Gasteiger partial charge < -0.3 is 0 Å². The highest BCUT2D eigenvalue weighted by Crippen LogP contribution is 2.27. The molecule has 0 saturated carbocycles. The third kappa shape index (κ3) is 3.69. The van der Waals surface area contributed by atoms with Gasteiger partial charge in [0, 0.05) is 11.9 Å². The van der Waals surface area contributed by atoms with Gasteiger partial charge in [-0.3, -0.25) is 9.52 Å². The molecule has 2 aromatic carbocycles. The van der Waals surface area contributed by atoms with E-state index in [1.807, 2.05) is 6.07 Å². The number of halogens is 1. The van der Waals surface area contributed by atoms with E-state index in [1.165, 1.54) is 23.7 Å². The number of carbonyl (C=O) groups excluding carboxylic acids is 1. The molecule has 3 rings (SSSR count). The summed E-state index contributed by atoms with van der Waals surface area (Å²) < 4.78 is 29.0. The van der Waals surface area contributed by atoms with Crippen molar-refractivity contribution in [3.63, 3.8) is 0 Å². The summed E-state index contributed by atoms with van der Waals surface area (Å²) in [5.74, 6) is -0.576. The first-order valence-electron chi connectivity index (χ1n) is 7.71. The van der Waals surface area contributed by atoms with Crippen LogP contribution < -0.4 is 4.72 Å². The third-order valence-electron chi connectivity index (χ3n) is 3.69. The number of sulfonamides is 1. The predicted octanol–water partition coefficient (Wildman–Crippen LogP) is 3.40. The van der Waals surface area contributed by atoms with Crippen molar-refractivity contribution in [1.29, 1.82) is 5.26 Å². The van der Waals surface area contributed by atoms with Crippen molar-refractivity contribution < 1.29 is 13.2 Å². The molecule has 136 valence electrons. The van der Waals surface area contributed by atoms with Gasteiger partial charge in [-0.2, -0.15) is 10.4 Å². The maximum atomic E-state index is 12.7. The largest absolute Gasteiger partial charge is 0.293 e. The standard InChI is InChI=1S/C18H13ClN4O3S/c1-12(24)17-16(11-20)18(22-27(25,26)15-5-3-2-4-6-15)23(21-17)14-9-7-13(19)8-10-14/h2-10,22H,1H3. The lowest BCUT2D eigenvalue weighted by atomic mass is 10.2. The molecule has 0 spiro atoms. The van der Waals surface area contributed by atoms with Gasteiger partial charge in [0.2, 0.25) is 0 Å². The molecule has 0 aliphatic rings. The Labute approximate surface area is 160 Å². The van der Waals surface area contributed by atoms with Crippen molar-refractivity contribution in [2.75, 3.05) is 4.72 Å². The molecule has 1 N–H and O–H groups in total. The molecule has 27 heavy (non-hydrogen) atoms. The summed E-state index contributed by atoms with van der Waals surface area (Å²) in [5, 5.41) is 14.1. The first-order chi connectivity index (χ1) is 12.8. The summed E-state index contributed by atoms with van der Waals surface area (Å²) in [4.78, 5) is 11.9. The number of Topliss-reactive ketones (excluding diaryl/α,β-unsaturated/α-hetero) is 1. The normalized spacial score (nSPS) is 11.0. The fourth-order valence-electron chi connectivity index (χ4n) is 2.42. The topological polar surface area (TPSA) is 105 Å². The zero-order valence-corrected chi connectivity index (χ0v) is 15.6. The molecule has 0 unspecified atom stereocenters. The van der Waals surface area contributed by atoms with Gasteiger partial charge in [0.25, 0.3) is 10.0 Å². The smallest absolute Gasteiger partial charge is 0.263 e. The predicted molar refractivity (Wildman–Crippen MR) is 101 cm³/mol. The molecular formula is C18H13ClN4O3S. The number of hydrogen-bond acceptors (Lipinski definition) is 5. The van der Waals surface area contributed by atoms with Crippen molar-refractivity contribution in [2.45, 2.75) is 11.8 Å². The van der Waals surface area contributed by atoms with Crippen LogP contribution in [0.3, 0.4) is 0 Å². The average molecular weight is 401 g/mol. The maximum absolute atomic E-state index is 12.7. The van der Waals surface area contributed by atoms with Crippen molar-refractivity contribution in [1.82, 2.24) is 9.78 Å². The summed E-state index contributed by atoms with van der Waals surface area (Å²) in [7, 11) is -4.00. The minimum Gasteiger partial charge on any atom is -0.293 e. The van der Waals surface area contributed by atoms with Crippen molar-refractivity contribution >= 4 is 33.2 Å². The van der Waals surface area contributed by atoms with Crippen LogP contribution in [0.15, 0.2) is 59.5 Å². The Morgan fingerprint density at radius 3 is 2.33 bits per heavy atom. The Hall–Kier alpha value is -3.15. The quantitative estimate of drug-likeness (QED) is 0.661. The van der Waals surface area contributed by atoms with Gasteiger partial charge in [-0.1, -0.05) is 29.8 Å². The fourth-order valence-corrected chi connectivity index (χ4v) is 3.62. The van der Waals surface area contributed by atoms with Crippen LogP contribution >= 0.6 is 11.6 Å². The van der Waals surface area contributed by atoms with E-state index in [0.717, 1.165) is 0 Å². The van der Waals surface area contributed by atoms with Gasteiger partial charge in [-0.15, -0.1) is 0 Å². The summed E-state index contributed by atoms with van der Waals surface area (Å²) in [5.41, 5.74) is 0.157. The second-order valence-corrected chi connectivity index (χ2v) is 7.67. The highest BCUT2D eigenvalue weighted by atomic mass is 35.5. The number of ketones is 1. The lowest BCUT2D eigenvalue weighted by Gasteiger charge is -2.11. The fraction of sp³-hybridized carbons (Fsp3) is 0.0556. The molecule has 1 heterocycles. The van der Waals surface area contributed by atoms with Crippen LogP contribution in [0.2, 0.25) is 5.02 Å². The van der Waals surface area contributed by atoms with E-state index in [1.54, 1.807) is 42.5 Å². The molecular weight excluding hydrogens is 388 g/mol. The minimum absolute atomic E-state index is 0.0159. The molecule has 3 aromatic rings. The van der Waals surface area contributed by atoms with E-state index in [9.17, 15) is 18.5 Å². The number of nitrogens with zero attached hydrogens (tertiary/aromatic N) is 3. The SMILES string of the molecule is CC(=O)c1nn(-c2ccc(Cl)cc2)c(NS(=O)(=O)c2ccccc2)c1C#N. The van der Waals surface area contributed by atoms with Gasteiger partial charge >= 0.3 is 0 Å². The molecule has 9 heteroatoms. The number of benzene rings is 2. The molecule has 0 radical (unpaired) electrons. The van der Waals surface area contributed by atoms with E-state index in [-0.39, 0.29) is 22.0 Å². The van der Waals surface area contributed by atoms with Crippen molar-refractivity contribution in [3.05, 3.63) is 70.9 Å². The second-order valence-electron chi connectivity index (χ2n) is 5.55. The summed E-state index contributed by atoms with van der Waals surface area (Å²) in [6.45, 7) is 1.25. The Bertz CT molecular complexity index is 1150. The van der Waals surface area contributed by atoms with E-state index in [2.05, 4.69) is 9.82 Å². The zero-order valence-electron chi connectivity index (χ0n) is 14.0. The number of carbonyl (C=O) groups is 1. The third-order valence-corrected chi connectivity index (χ3v) is 5.29. The van der Waals surface area contributed by atoms with Gasteiger partial charge in [-0.05, 0) is 36.4 Å². The highest BCUT2D eigenvalue weighted by molar-refractivity contribution is 7.92. The zero-order chi connectivity index (χ0) is 19.6. The minimum atomic E-state index is -4.00. The molecule has 0 fully saturated rings. The second kappa shape index (κ2) is 7.23. The van der Waals surface area contributed by atoms with E-state index in [4.69, 9.17) is 11.6 Å². The molecule has 0 aliphatic heterocycles. The van der Waals surface area contributed by atoms with Crippen molar-refractivity contribution in [2.24, 2.45) is 0 Å². The van der Waals surface area contributed by atoms with Crippen LogP contribution in [-0.4, -0.2) is 24.0 Å². The van der Waals surface area contributed by atoms with Gasteiger partial charge in [0.1, 0.15) is 17.3 Å². The molecule has 0 atom stereocenters. The van der Waals surface area contributed by atoms with Gasteiger partial charge in [0.05, 0.1) is 10.6 Å². The van der Waals surface area contributed by atoms with Crippen LogP contribution in [-0.2, 0) is 10.0 Å². The van der Waals surface area contributed by atoms with Gasteiger partial charge in [0.15, 0.2) is 11.6 Å². The molecule has 1 aromatic heterocycles. The lowest BCUT2D eigenvalue weighted by Crippen LogP contribution is -2.16. The first-order valence-corrected chi connectivity index (χ1v) is 9.57. The lowest BCUT2D eigenvalue weighted by molar-refractivity contribution is 0.101. The number of nitrogens with one attached hydrogen (secondary N) is 1. The summed E-state index contributed by atoms with van der Waals surface area (Å²) >= 11 is 5.89. The van der Waals surface area contributed by atoms with Crippen LogP contribution in [0.25, 0.3) is 5.69 Å². The Morgan fingerprint density at radius 1 is 1.15 bits per heavy atom. The summed E-state index contributed by atoms with van der Waals surface area (Å²) in [6, 6.07) is 15.9. The number of hydrogen-bond donors (Lipinski definition) is 1. The van der Waals surface area contributed by atoms with Crippen molar-refractivity contribution in [3.8, 4) is 11.8 Å². The molecule has 7 nitrogen and oxygen atoms in total. The average Bonchev–Trinajstić information content (AvgIpc) is 3.01. The monoisotopic (exact) mass is 400 g/mol. The van der Waals surface area contributed by atoms with E-state index < -0.39 is 15.8 Å². The van der Waals surface area contributed by atoms with Crippen LogP contribution in [0.4, 0.5) is 5.82 Å².